The summed E-state index contributed by atoms with van der Waals surface area (Å²) in [6, 6.07) is 40.9. The third kappa shape index (κ3) is 3.85. The molecular weight excluding hydrogens is 637 g/mol. The Morgan fingerprint density at radius 2 is 1.35 bits per heavy atom. The van der Waals surface area contributed by atoms with E-state index in [0.717, 1.165) is 44.6 Å². The first-order valence-corrected chi connectivity index (χ1v) is 18.3. The molecule has 0 spiro atoms. The molecule has 0 saturated carbocycles. The molecule has 0 fully saturated rings. The molecule has 0 N–H and O–H groups in total. The number of rotatable bonds is 2. The van der Waals surface area contributed by atoms with Gasteiger partial charge in [0.15, 0.2) is 17.2 Å². The first kappa shape index (κ1) is 29.6. The molecule has 6 bridgehead atoms. The summed E-state index contributed by atoms with van der Waals surface area (Å²) in [5.41, 5.74) is 13.2. The molecule has 3 aliphatic rings. The molecule has 5 nitrogen and oxygen atoms in total. The van der Waals surface area contributed by atoms with E-state index in [4.69, 9.17) is 19.4 Å². The number of hydrogen-bond donors (Lipinski definition) is 0. The lowest BCUT2D eigenvalue weighted by atomic mass is 9.60. The number of aromatic nitrogens is 4. The molecule has 11 rings (SSSR count). The molecule has 52 heavy (non-hydrogen) atoms. The van der Waals surface area contributed by atoms with Crippen LogP contribution in [0.1, 0.15) is 56.6 Å². The molecule has 250 valence electrons. The molecular formula is C47H36N4O. The highest BCUT2D eigenvalue weighted by Gasteiger charge is 2.47. The summed E-state index contributed by atoms with van der Waals surface area (Å²) in [5.74, 6) is 2.53. The predicted octanol–water partition coefficient (Wildman–Crippen LogP) is 11.7. The maximum Gasteiger partial charge on any atom is 0.167 e. The van der Waals surface area contributed by atoms with Gasteiger partial charge in [0, 0.05) is 39.3 Å². The lowest BCUT2D eigenvalue weighted by Crippen LogP contribution is -2.37. The van der Waals surface area contributed by atoms with Gasteiger partial charge in [-0.3, -0.25) is 0 Å². The molecule has 3 aromatic heterocycles. The normalized spacial score (nSPS) is 21.6. The molecule has 5 aromatic carbocycles. The summed E-state index contributed by atoms with van der Waals surface area (Å²) < 4.78 is 9.58. The Balaban J connectivity index is 1.32. The minimum atomic E-state index is -0.577. The van der Waals surface area contributed by atoms with Crippen molar-refractivity contribution in [2.45, 2.75) is 44.9 Å². The Morgan fingerprint density at radius 3 is 2.13 bits per heavy atom. The van der Waals surface area contributed by atoms with Crippen LogP contribution >= 0.6 is 0 Å². The van der Waals surface area contributed by atoms with Crippen LogP contribution in [0.25, 0.3) is 72.4 Å². The van der Waals surface area contributed by atoms with Crippen molar-refractivity contribution in [2.24, 2.45) is 5.92 Å². The Morgan fingerprint density at radius 1 is 0.635 bits per heavy atom. The van der Waals surface area contributed by atoms with Crippen LogP contribution in [0.15, 0.2) is 143 Å². The summed E-state index contributed by atoms with van der Waals surface area (Å²) in [5, 5.41) is 3.42. The Kier molecular flexibility index (Phi) is 5.98. The van der Waals surface area contributed by atoms with Crippen molar-refractivity contribution in [1.29, 1.82) is 0 Å². The van der Waals surface area contributed by atoms with E-state index in [9.17, 15) is 0 Å². The van der Waals surface area contributed by atoms with E-state index in [1.54, 1.807) is 0 Å². The number of allylic oxidation sites excluding steroid dienone is 4. The van der Waals surface area contributed by atoms with E-state index in [1.807, 2.05) is 18.2 Å². The van der Waals surface area contributed by atoms with Gasteiger partial charge in [-0.1, -0.05) is 129 Å². The maximum atomic E-state index is 7.07. The van der Waals surface area contributed by atoms with Crippen LogP contribution in [-0.2, 0) is 5.41 Å². The van der Waals surface area contributed by atoms with E-state index in [1.165, 1.54) is 44.4 Å². The molecule has 8 aromatic rings. The molecule has 2 aliphatic carbocycles. The number of hydrogen-bond acceptors (Lipinski definition) is 4. The van der Waals surface area contributed by atoms with Crippen LogP contribution in [0.2, 0.25) is 0 Å². The average Bonchev–Trinajstić information content (AvgIpc) is 3.74. The molecule has 5 heteroatoms. The summed E-state index contributed by atoms with van der Waals surface area (Å²) >= 11 is 0. The number of nitrogens with zero attached hydrogens (tertiary/aromatic N) is 4. The van der Waals surface area contributed by atoms with Crippen LogP contribution in [0.4, 0.5) is 0 Å². The first-order valence-electron chi connectivity index (χ1n) is 18.3. The minimum absolute atomic E-state index is 0.0549. The lowest BCUT2D eigenvalue weighted by Gasteiger charge is -2.44. The van der Waals surface area contributed by atoms with Gasteiger partial charge in [-0.15, -0.1) is 0 Å². The zero-order valence-corrected chi connectivity index (χ0v) is 29.6. The zero-order valence-electron chi connectivity index (χ0n) is 29.6. The molecule has 4 heterocycles. The largest absolute Gasteiger partial charge is 0.453 e. The quantitative estimate of drug-likeness (QED) is 0.172. The molecule has 0 saturated heterocycles. The van der Waals surface area contributed by atoms with Gasteiger partial charge in [0.2, 0.25) is 0 Å². The monoisotopic (exact) mass is 672 g/mol. The van der Waals surface area contributed by atoms with E-state index in [-0.39, 0.29) is 17.8 Å². The van der Waals surface area contributed by atoms with Gasteiger partial charge in [-0.05, 0) is 59.4 Å². The van der Waals surface area contributed by atoms with E-state index in [0.29, 0.717) is 11.6 Å². The van der Waals surface area contributed by atoms with E-state index in [2.05, 4.69) is 141 Å². The molecule has 0 amide bonds. The first-order chi connectivity index (χ1) is 25.4. The summed E-state index contributed by atoms with van der Waals surface area (Å²) in [7, 11) is 0. The van der Waals surface area contributed by atoms with Crippen molar-refractivity contribution in [1.82, 2.24) is 19.5 Å². The van der Waals surface area contributed by atoms with E-state index >= 15 is 0 Å². The van der Waals surface area contributed by atoms with Crippen molar-refractivity contribution in [3.8, 4) is 39.6 Å². The third-order valence-electron chi connectivity index (χ3n) is 12.1. The number of fused-ring (bicyclic) bond motifs is 9. The third-order valence-corrected chi connectivity index (χ3v) is 12.1. The van der Waals surface area contributed by atoms with Crippen LogP contribution in [-0.4, -0.2) is 19.5 Å². The highest BCUT2D eigenvalue weighted by Crippen LogP contribution is 2.58. The smallest absolute Gasteiger partial charge is 0.167 e. The van der Waals surface area contributed by atoms with Crippen LogP contribution in [0.3, 0.4) is 0 Å². The number of para-hydroxylation sites is 2. The van der Waals surface area contributed by atoms with Crippen LogP contribution in [0, 0.1) is 5.92 Å². The van der Waals surface area contributed by atoms with Gasteiger partial charge < -0.3 is 8.98 Å². The Labute approximate surface area is 302 Å². The van der Waals surface area contributed by atoms with Crippen LogP contribution < -0.4 is 0 Å². The zero-order chi connectivity index (χ0) is 34.9. The highest BCUT2D eigenvalue weighted by molar-refractivity contribution is 6.11. The van der Waals surface area contributed by atoms with Gasteiger partial charge >= 0.3 is 0 Å². The fraction of sp³-hybridized carbons (Fsp3) is 0.170. The van der Waals surface area contributed by atoms with Crippen molar-refractivity contribution >= 4 is 32.8 Å². The SMILES string of the molecule is CC1C=CC2(C)C3=C1C(C)c1c(n(c4ccc(-c5ccccc5)cc14)-c1cccc4c1oc1c(cccc14)-c1nc(-c4ccccc4)nc2n1)C3C. The van der Waals surface area contributed by atoms with Gasteiger partial charge in [0.25, 0.3) is 0 Å². The average molecular weight is 673 g/mol. The van der Waals surface area contributed by atoms with Gasteiger partial charge in [0.1, 0.15) is 11.4 Å². The summed E-state index contributed by atoms with van der Waals surface area (Å²) in [6.45, 7) is 9.48. The van der Waals surface area contributed by atoms with Gasteiger partial charge in [-0.2, -0.15) is 0 Å². The fourth-order valence-corrected chi connectivity index (χ4v) is 9.78. The second-order valence-corrected chi connectivity index (χ2v) is 15.0. The Bertz CT molecular complexity index is 2860. The topological polar surface area (TPSA) is 56.7 Å². The van der Waals surface area contributed by atoms with E-state index < -0.39 is 5.41 Å². The standard InChI is InChI=1S/C47H36N4O/c1-26-23-24-47(4)40-28(3)41-39(27(2)38(26)40)35-25-31(29-13-7-5-8-14-29)21-22-36(35)51(41)37-20-12-18-33-32-17-11-19-34(42(32)52-43(33)37)45-48-44(49-46(47)50-45)30-15-9-6-10-16-30/h5-28H,1-4H3. The van der Waals surface area contributed by atoms with Crippen molar-refractivity contribution in [3.05, 3.63) is 156 Å². The number of furan rings is 1. The lowest BCUT2D eigenvalue weighted by molar-refractivity contribution is 0.512. The summed E-state index contributed by atoms with van der Waals surface area (Å²) in [6.07, 6.45) is 4.75. The molecule has 1 aliphatic heterocycles. The summed E-state index contributed by atoms with van der Waals surface area (Å²) in [4.78, 5) is 15.9. The second kappa shape index (κ2) is 10.5. The van der Waals surface area contributed by atoms with Crippen molar-refractivity contribution < 1.29 is 4.42 Å². The highest BCUT2D eigenvalue weighted by atomic mass is 16.3. The number of benzene rings is 5. The molecule has 4 unspecified atom stereocenters. The van der Waals surface area contributed by atoms with Crippen LogP contribution in [0.5, 0.6) is 0 Å². The maximum absolute atomic E-state index is 7.07. The van der Waals surface area contributed by atoms with Gasteiger partial charge in [-0.25, -0.2) is 15.0 Å². The predicted molar refractivity (Wildman–Crippen MR) is 210 cm³/mol. The van der Waals surface area contributed by atoms with Crippen molar-refractivity contribution in [3.63, 3.8) is 0 Å². The molecule has 4 atom stereocenters. The fourth-order valence-electron chi connectivity index (χ4n) is 9.78. The molecule has 0 radical (unpaired) electrons. The minimum Gasteiger partial charge on any atom is -0.453 e. The Hall–Kier alpha value is -6.07. The second-order valence-electron chi connectivity index (χ2n) is 15.0. The van der Waals surface area contributed by atoms with Gasteiger partial charge in [0.05, 0.1) is 22.2 Å². The van der Waals surface area contributed by atoms with Crippen molar-refractivity contribution in [2.75, 3.05) is 0 Å².